The molecule has 0 amide bonds. The van der Waals surface area contributed by atoms with Crippen LogP contribution in [0, 0.1) is 11.3 Å². The van der Waals surface area contributed by atoms with Crippen LogP contribution in [0.5, 0.6) is 11.6 Å². The van der Waals surface area contributed by atoms with E-state index >= 15 is 0 Å². The Bertz CT molecular complexity index is 1190. The van der Waals surface area contributed by atoms with Gasteiger partial charge in [-0.2, -0.15) is 10.4 Å². The molecule has 0 aliphatic carbocycles. The zero-order valence-electron chi connectivity index (χ0n) is 16.5. The molecule has 0 bridgehead atoms. The molecule has 148 valence electrons. The van der Waals surface area contributed by atoms with Crippen LogP contribution in [-0.4, -0.2) is 26.3 Å². The predicted molar refractivity (Wildman–Crippen MR) is 114 cm³/mol. The van der Waals surface area contributed by atoms with Crippen molar-refractivity contribution in [3.8, 4) is 40.2 Å². The average Bonchev–Trinajstić information content (AvgIpc) is 3.15. The molecule has 4 aromatic rings. The van der Waals surface area contributed by atoms with Crippen molar-refractivity contribution in [2.75, 3.05) is 6.54 Å². The van der Waals surface area contributed by atoms with Gasteiger partial charge in [-0.3, -0.25) is 9.97 Å². The SMILES string of the molecule is Cn1nc(-c2cccnc2)cc1Oc1cc(C#N)ccc1-c1ccc(CCN)cn1. The summed E-state index contributed by atoms with van der Waals surface area (Å²) in [5.41, 5.74) is 10.4. The van der Waals surface area contributed by atoms with Crippen molar-refractivity contribution in [1.29, 1.82) is 5.26 Å². The van der Waals surface area contributed by atoms with Crippen LogP contribution in [-0.2, 0) is 13.5 Å². The fourth-order valence-electron chi connectivity index (χ4n) is 3.10. The van der Waals surface area contributed by atoms with Gasteiger partial charge in [0.25, 0.3) is 0 Å². The predicted octanol–water partition coefficient (Wildman–Crippen LogP) is 3.71. The van der Waals surface area contributed by atoms with Gasteiger partial charge in [0.15, 0.2) is 0 Å². The fourth-order valence-corrected chi connectivity index (χ4v) is 3.10. The first-order valence-corrected chi connectivity index (χ1v) is 9.50. The van der Waals surface area contributed by atoms with Crippen molar-refractivity contribution in [3.05, 3.63) is 78.2 Å². The van der Waals surface area contributed by atoms with Crippen molar-refractivity contribution < 1.29 is 4.74 Å². The van der Waals surface area contributed by atoms with Crippen molar-refractivity contribution in [1.82, 2.24) is 19.7 Å². The molecular formula is C23H20N6O. The highest BCUT2D eigenvalue weighted by atomic mass is 16.5. The van der Waals surface area contributed by atoms with E-state index in [1.165, 1.54) is 0 Å². The highest BCUT2D eigenvalue weighted by molar-refractivity contribution is 5.69. The third-order valence-corrected chi connectivity index (χ3v) is 4.65. The van der Waals surface area contributed by atoms with Gasteiger partial charge in [0.05, 0.1) is 23.0 Å². The number of hydrogen-bond acceptors (Lipinski definition) is 6. The number of aromatic nitrogens is 4. The summed E-state index contributed by atoms with van der Waals surface area (Å²) in [4.78, 5) is 8.69. The Morgan fingerprint density at radius 3 is 2.70 bits per heavy atom. The number of nitrogens with two attached hydrogens (primary N) is 1. The lowest BCUT2D eigenvalue weighted by atomic mass is 10.1. The van der Waals surface area contributed by atoms with Gasteiger partial charge in [0, 0.05) is 42.8 Å². The quantitative estimate of drug-likeness (QED) is 0.533. The highest BCUT2D eigenvalue weighted by Crippen LogP contribution is 2.34. The number of ether oxygens (including phenoxy) is 1. The summed E-state index contributed by atoms with van der Waals surface area (Å²) in [6.07, 6.45) is 6.06. The number of nitriles is 1. The van der Waals surface area contributed by atoms with E-state index in [-0.39, 0.29) is 0 Å². The van der Waals surface area contributed by atoms with E-state index in [1.807, 2.05) is 49.6 Å². The van der Waals surface area contributed by atoms with E-state index in [0.717, 1.165) is 34.5 Å². The zero-order chi connectivity index (χ0) is 20.9. The molecule has 3 aromatic heterocycles. The van der Waals surface area contributed by atoms with Crippen LogP contribution in [0.1, 0.15) is 11.1 Å². The van der Waals surface area contributed by atoms with Crippen molar-refractivity contribution in [3.63, 3.8) is 0 Å². The van der Waals surface area contributed by atoms with E-state index in [9.17, 15) is 5.26 Å². The third kappa shape index (κ3) is 4.04. The molecule has 0 radical (unpaired) electrons. The van der Waals surface area contributed by atoms with E-state index in [1.54, 1.807) is 29.2 Å². The lowest BCUT2D eigenvalue weighted by Crippen LogP contribution is -2.03. The van der Waals surface area contributed by atoms with Gasteiger partial charge in [-0.15, -0.1) is 0 Å². The van der Waals surface area contributed by atoms with Crippen LogP contribution >= 0.6 is 0 Å². The topological polar surface area (TPSA) is 103 Å². The zero-order valence-corrected chi connectivity index (χ0v) is 16.5. The van der Waals surface area contributed by atoms with Crippen LogP contribution in [0.15, 0.2) is 67.1 Å². The van der Waals surface area contributed by atoms with E-state index in [4.69, 9.17) is 10.5 Å². The number of aryl methyl sites for hydroxylation is 1. The minimum Gasteiger partial charge on any atom is -0.439 e. The number of pyridine rings is 2. The second-order valence-corrected chi connectivity index (χ2v) is 6.75. The smallest absolute Gasteiger partial charge is 0.218 e. The lowest BCUT2D eigenvalue weighted by Gasteiger charge is -2.11. The summed E-state index contributed by atoms with van der Waals surface area (Å²) >= 11 is 0. The third-order valence-electron chi connectivity index (χ3n) is 4.65. The highest BCUT2D eigenvalue weighted by Gasteiger charge is 2.14. The molecule has 2 N–H and O–H groups in total. The summed E-state index contributed by atoms with van der Waals surface area (Å²) in [6.45, 7) is 0.575. The summed E-state index contributed by atoms with van der Waals surface area (Å²) in [6, 6.07) is 17.0. The lowest BCUT2D eigenvalue weighted by molar-refractivity contribution is 0.432. The molecule has 0 fully saturated rings. The number of benzene rings is 1. The van der Waals surface area contributed by atoms with Crippen LogP contribution in [0.4, 0.5) is 0 Å². The Hall–Kier alpha value is -4.02. The maximum Gasteiger partial charge on any atom is 0.218 e. The minimum atomic E-state index is 0.503. The molecule has 4 rings (SSSR count). The van der Waals surface area contributed by atoms with Crippen molar-refractivity contribution in [2.45, 2.75) is 6.42 Å². The first kappa shape index (κ1) is 19.3. The molecule has 0 unspecified atom stereocenters. The summed E-state index contributed by atoms with van der Waals surface area (Å²) in [7, 11) is 1.81. The molecule has 0 aliphatic heterocycles. The van der Waals surface area contributed by atoms with Crippen molar-refractivity contribution in [2.24, 2.45) is 12.8 Å². The standard InChI is InChI=1S/C23H20N6O/c1-29-23(12-21(28-29)18-3-2-10-26-15-18)30-22-11-17(13-25)4-6-19(22)20-7-5-16(8-9-24)14-27-20/h2-7,10-12,14-15H,8-9,24H2,1H3. The van der Waals surface area contributed by atoms with E-state index < -0.39 is 0 Å². The number of nitrogens with zero attached hydrogens (tertiary/aromatic N) is 5. The summed E-state index contributed by atoms with van der Waals surface area (Å²) in [5.74, 6) is 1.08. The van der Waals surface area contributed by atoms with Crippen LogP contribution in [0.2, 0.25) is 0 Å². The number of hydrogen-bond donors (Lipinski definition) is 1. The number of rotatable bonds is 6. The van der Waals surface area contributed by atoms with Crippen LogP contribution < -0.4 is 10.5 Å². The van der Waals surface area contributed by atoms with Crippen LogP contribution in [0.3, 0.4) is 0 Å². The molecule has 0 saturated heterocycles. The molecule has 0 saturated carbocycles. The Morgan fingerprint density at radius 2 is 2.00 bits per heavy atom. The summed E-state index contributed by atoms with van der Waals surface area (Å²) in [5, 5.41) is 13.8. The first-order valence-electron chi connectivity index (χ1n) is 9.50. The fraction of sp³-hybridized carbons (Fsp3) is 0.130. The molecule has 7 heteroatoms. The molecular weight excluding hydrogens is 376 g/mol. The van der Waals surface area contributed by atoms with Gasteiger partial charge in [0.1, 0.15) is 5.75 Å². The molecule has 0 spiro atoms. The van der Waals surface area contributed by atoms with Gasteiger partial charge in [-0.25, -0.2) is 4.68 Å². The van der Waals surface area contributed by atoms with Gasteiger partial charge in [0.2, 0.25) is 5.88 Å². The van der Waals surface area contributed by atoms with Crippen LogP contribution in [0.25, 0.3) is 22.5 Å². The average molecular weight is 396 g/mol. The molecule has 30 heavy (non-hydrogen) atoms. The molecule has 1 aromatic carbocycles. The van der Waals surface area contributed by atoms with Gasteiger partial charge in [-0.1, -0.05) is 6.07 Å². The molecule has 0 aliphatic rings. The first-order chi connectivity index (χ1) is 14.7. The Balaban J connectivity index is 1.70. The van der Waals surface area contributed by atoms with E-state index in [2.05, 4.69) is 21.1 Å². The molecule has 3 heterocycles. The second kappa shape index (κ2) is 8.55. The largest absolute Gasteiger partial charge is 0.439 e. The normalized spacial score (nSPS) is 10.6. The maximum absolute atomic E-state index is 9.33. The van der Waals surface area contributed by atoms with E-state index in [0.29, 0.717) is 23.7 Å². The maximum atomic E-state index is 9.33. The second-order valence-electron chi connectivity index (χ2n) is 6.75. The monoisotopic (exact) mass is 396 g/mol. The summed E-state index contributed by atoms with van der Waals surface area (Å²) < 4.78 is 7.84. The molecule has 7 nitrogen and oxygen atoms in total. The minimum absolute atomic E-state index is 0.503. The van der Waals surface area contributed by atoms with Gasteiger partial charge in [-0.05, 0) is 54.9 Å². The molecule has 0 atom stereocenters. The van der Waals surface area contributed by atoms with Gasteiger partial charge >= 0.3 is 0 Å². The van der Waals surface area contributed by atoms with Gasteiger partial charge < -0.3 is 10.5 Å². The Labute approximate surface area is 174 Å². The Morgan fingerprint density at radius 1 is 1.10 bits per heavy atom. The Kier molecular flexibility index (Phi) is 5.50. The van der Waals surface area contributed by atoms with Crippen molar-refractivity contribution >= 4 is 0 Å².